The summed E-state index contributed by atoms with van der Waals surface area (Å²) in [7, 11) is 0. The van der Waals surface area contributed by atoms with Crippen molar-refractivity contribution >= 4 is 30.7 Å². The normalized spacial score (nSPS) is 15.2. The Labute approximate surface area is 120 Å². The predicted octanol–water partition coefficient (Wildman–Crippen LogP) is 1.72. The van der Waals surface area contributed by atoms with Gasteiger partial charge in [-0.15, -0.1) is 24.8 Å². The molecule has 1 aromatic heterocycles. The summed E-state index contributed by atoms with van der Waals surface area (Å²) < 4.78 is 0. The number of rotatable bonds is 2. The van der Waals surface area contributed by atoms with Crippen molar-refractivity contribution in [1.29, 1.82) is 0 Å². The molecule has 0 radical (unpaired) electrons. The third-order valence-electron chi connectivity index (χ3n) is 2.80. The second-order valence-electron chi connectivity index (χ2n) is 4.16. The summed E-state index contributed by atoms with van der Waals surface area (Å²) in [6.07, 6.45) is 2.00. The second kappa shape index (κ2) is 8.29. The van der Waals surface area contributed by atoms with Gasteiger partial charge in [0, 0.05) is 11.7 Å². The third-order valence-corrected chi connectivity index (χ3v) is 2.80. The number of amides is 1. The van der Waals surface area contributed by atoms with Crippen molar-refractivity contribution in [3.8, 4) is 0 Å². The smallest absolute Gasteiger partial charge is 0.270 e. The third kappa shape index (κ3) is 4.80. The lowest BCUT2D eigenvalue weighted by atomic mass is 10.1. The van der Waals surface area contributed by atoms with Crippen LogP contribution in [0.4, 0.5) is 0 Å². The molecule has 2 N–H and O–H groups in total. The number of nitrogens with one attached hydrogen (secondary N) is 2. The van der Waals surface area contributed by atoms with E-state index in [9.17, 15) is 4.79 Å². The zero-order valence-electron chi connectivity index (χ0n) is 10.3. The van der Waals surface area contributed by atoms with Gasteiger partial charge in [0.25, 0.3) is 5.91 Å². The Hall–Kier alpha value is -0.840. The molecule has 4 nitrogen and oxygen atoms in total. The van der Waals surface area contributed by atoms with Crippen molar-refractivity contribution in [2.24, 2.45) is 0 Å². The number of piperidine rings is 1. The molecule has 0 atom stereocenters. The van der Waals surface area contributed by atoms with Gasteiger partial charge < -0.3 is 10.6 Å². The molecule has 1 aliphatic heterocycles. The number of nitrogens with zero attached hydrogens (tertiary/aromatic N) is 1. The van der Waals surface area contributed by atoms with Crippen molar-refractivity contribution < 1.29 is 4.79 Å². The van der Waals surface area contributed by atoms with Crippen molar-refractivity contribution in [1.82, 2.24) is 15.6 Å². The van der Waals surface area contributed by atoms with E-state index in [4.69, 9.17) is 0 Å². The van der Waals surface area contributed by atoms with Gasteiger partial charge >= 0.3 is 0 Å². The van der Waals surface area contributed by atoms with E-state index in [0.29, 0.717) is 5.69 Å². The number of halogens is 2. The van der Waals surface area contributed by atoms with Crippen LogP contribution >= 0.6 is 24.8 Å². The number of aromatic nitrogens is 1. The van der Waals surface area contributed by atoms with Crippen LogP contribution in [0, 0.1) is 6.92 Å². The van der Waals surface area contributed by atoms with E-state index >= 15 is 0 Å². The minimum absolute atomic E-state index is 0. The van der Waals surface area contributed by atoms with E-state index in [1.807, 2.05) is 19.1 Å². The first-order valence-corrected chi connectivity index (χ1v) is 5.71. The summed E-state index contributed by atoms with van der Waals surface area (Å²) in [6.45, 7) is 3.85. The maximum atomic E-state index is 11.9. The molecule has 1 aliphatic rings. The van der Waals surface area contributed by atoms with Gasteiger partial charge in [0.2, 0.25) is 0 Å². The zero-order chi connectivity index (χ0) is 11.4. The lowest BCUT2D eigenvalue weighted by molar-refractivity contribution is 0.0924. The van der Waals surface area contributed by atoms with Gasteiger partial charge in [0.1, 0.15) is 5.69 Å². The van der Waals surface area contributed by atoms with E-state index < -0.39 is 0 Å². The number of hydrogen-bond acceptors (Lipinski definition) is 3. The Morgan fingerprint density at radius 1 is 1.33 bits per heavy atom. The molecule has 1 amide bonds. The maximum Gasteiger partial charge on any atom is 0.270 e. The van der Waals surface area contributed by atoms with Gasteiger partial charge in [-0.25, -0.2) is 4.98 Å². The number of pyridine rings is 1. The van der Waals surface area contributed by atoms with Crippen LogP contribution in [0.25, 0.3) is 0 Å². The zero-order valence-corrected chi connectivity index (χ0v) is 11.9. The molecule has 1 aromatic rings. The van der Waals surface area contributed by atoms with E-state index in [1.54, 1.807) is 6.07 Å². The lowest BCUT2D eigenvalue weighted by Gasteiger charge is -2.23. The monoisotopic (exact) mass is 291 g/mol. The Bertz CT molecular complexity index is 381. The van der Waals surface area contributed by atoms with Crippen LogP contribution < -0.4 is 10.6 Å². The summed E-state index contributed by atoms with van der Waals surface area (Å²) in [4.78, 5) is 16.1. The summed E-state index contributed by atoms with van der Waals surface area (Å²) >= 11 is 0. The molecule has 1 saturated heterocycles. The van der Waals surface area contributed by atoms with Crippen LogP contribution in [0.3, 0.4) is 0 Å². The molecule has 1 fully saturated rings. The van der Waals surface area contributed by atoms with Gasteiger partial charge in [-0.05, 0) is 45.0 Å². The van der Waals surface area contributed by atoms with E-state index in [-0.39, 0.29) is 36.8 Å². The van der Waals surface area contributed by atoms with E-state index in [0.717, 1.165) is 31.6 Å². The first kappa shape index (κ1) is 17.2. The number of hydrogen-bond donors (Lipinski definition) is 2. The van der Waals surface area contributed by atoms with Crippen molar-refractivity contribution in [2.45, 2.75) is 25.8 Å². The minimum Gasteiger partial charge on any atom is -0.348 e. The Balaban J connectivity index is 0.00000144. The van der Waals surface area contributed by atoms with Gasteiger partial charge in [0.15, 0.2) is 0 Å². The van der Waals surface area contributed by atoms with Crippen LogP contribution in [-0.2, 0) is 0 Å². The van der Waals surface area contributed by atoms with Gasteiger partial charge in [-0.1, -0.05) is 6.07 Å². The topological polar surface area (TPSA) is 54.0 Å². The van der Waals surface area contributed by atoms with Gasteiger partial charge in [-0.2, -0.15) is 0 Å². The summed E-state index contributed by atoms with van der Waals surface area (Å²) in [5.41, 5.74) is 1.39. The molecule has 6 heteroatoms. The molecule has 2 rings (SSSR count). The maximum absolute atomic E-state index is 11.9. The highest BCUT2D eigenvalue weighted by molar-refractivity contribution is 5.92. The molecule has 102 valence electrons. The molecule has 18 heavy (non-hydrogen) atoms. The molecule has 2 heterocycles. The van der Waals surface area contributed by atoms with Gasteiger partial charge in [0.05, 0.1) is 0 Å². The fourth-order valence-corrected chi connectivity index (χ4v) is 1.90. The Kier molecular flexibility index (Phi) is 7.91. The highest BCUT2D eigenvalue weighted by atomic mass is 35.5. The summed E-state index contributed by atoms with van der Waals surface area (Å²) in [5, 5.41) is 6.29. The van der Waals surface area contributed by atoms with Crippen LogP contribution in [0.1, 0.15) is 29.0 Å². The first-order chi connectivity index (χ1) is 7.75. The van der Waals surface area contributed by atoms with Crippen molar-refractivity contribution in [3.63, 3.8) is 0 Å². The van der Waals surface area contributed by atoms with Crippen LogP contribution in [-0.4, -0.2) is 30.0 Å². The molecule has 0 aromatic carbocycles. The van der Waals surface area contributed by atoms with Crippen molar-refractivity contribution in [2.75, 3.05) is 13.1 Å². The van der Waals surface area contributed by atoms with E-state index in [2.05, 4.69) is 15.6 Å². The Morgan fingerprint density at radius 2 is 2.00 bits per heavy atom. The molecule has 0 unspecified atom stereocenters. The SMILES string of the molecule is Cc1cccc(C(=O)NC2CCNCC2)n1.Cl.Cl. The van der Waals surface area contributed by atoms with Crippen LogP contribution in [0.2, 0.25) is 0 Å². The lowest BCUT2D eigenvalue weighted by Crippen LogP contribution is -2.42. The molecule has 0 saturated carbocycles. The standard InChI is InChI=1S/C12H17N3O.2ClH/c1-9-3-2-4-11(14-9)12(16)15-10-5-7-13-8-6-10;;/h2-4,10,13H,5-8H2,1H3,(H,15,16);2*1H. The quantitative estimate of drug-likeness (QED) is 0.872. The average molecular weight is 292 g/mol. The first-order valence-electron chi connectivity index (χ1n) is 5.71. The largest absolute Gasteiger partial charge is 0.348 e. The predicted molar refractivity (Wildman–Crippen MR) is 76.8 cm³/mol. The summed E-state index contributed by atoms with van der Waals surface area (Å²) in [6, 6.07) is 5.79. The molecular weight excluding hydrogens is 273 g/mol. The van der Waals surface area contributed by atoms with Crippen molar-refractivity contribution in [3.05, 3.63) is 29.6 Å². The number of carbonyl (C=O) groups is 1. The number of carbonyl (C=O) groups excluding carboxylic acids is 1. The van der Waals surface area contributed by atoms with Gasteiger partial charge in [-0.3, -0.25) is 4.79 Å². The van der Waals surface area contributed by atoms with E-state index in [1.165, 1.54) is 0 Å². The summed E-state index contributed by atoms with van der Waals surface area (Å²) in [5.74, 6) is -0.0596. The molecule has 0 aliphatic carbocycles. The minimum atomic E-state index is -0.0596. The fraction of sp³-hybridized carbons (Fsp3) is 0.500. The highest BCUT2D eigenvalue weighted by Crippen LogP contribution is 2.04. The second-order valence-corrected chi connectivity index (χ2v) is 4.16. The average Bonchev–Trinajstić information content (AvgIpc) is 2.30. The molecule has 0 bridgehead atoms. The highest BCUT2D eigenvalue weighted by Gasteiger charge is 2.16. The van der Waals surface area contributed by atoms with Crippen LogP contribution in [0.5, 0.6) is 0 Å². The molecule has 0 spiro atoms. The Morgan fingerprint density at radius 3 is 2.61 bits per heavy atom. The molecular formula is C12H19Cl2N3O. The fourth-order valence-electron chi connectivity index (χ4n) is 1.90. The number of aryl methyl sites for hydroxylation is 1. The van der Waals surface area contributed by atoms with Crippen LogP contribution in [0.15, 0.2) is 18.2 Å².